The van der Waals surface area contributed by atoms with Crippen LogP contribution in [0.2, 0.25) is 0 Å². The van der Waals surface area contributed by atoms with Gasteiger partial charge in [0.2, 0.25) is 0 Å². The second kappa shape index (κ2) is 5.85. The van der Waals surface area contributed by atoms with Crippen molar-refractivity contribution in [3.05, 3.63) is 54.2 Å². The number of anilines is 1. The summed E-state index contributed by atoms with van der Waals surface area (Å²) in [5.74, 6) is 1.30. The summed E-state index contributed by atoms with van der Waals surface area (Å²) in [6, 6.07) is 7.93. The fourth-order valence-electron chi connectivity index (χ4n) is 3.85. The van der Waals surface area contributed by atoms with Crippen LogP contribution in [0.15, 0.2) is 43.0 Å². The predicted octanol–water partition coefficient (Wildman–Crippen LogP) is 2.86. The Bertz CT molecular complexity index is 1120. The Labute approximate surface area is 149 Å². The van der Waals surface area contributed by atoms with Crippen molar-refractivity contribution >= 4 is 22.6 Å². The Morgan fingerprint density at radius 3 is 2.92 bits per heavy atom. The first-order valence-corrected chi connectivity index (χ1v) is 8.74. The summed E-state index contributed by atoms with van der Waals surface area (Å²) in [7, 11) is 0. The molecule has 1 atom stereocenters. The van der Waals surface area contributed by atoms with E-state index in [0.29, 0.717) is 11.5 Å². The minimum atomic E-state index is 0.372. The molecule has 0 aliphatic carbocycles. The minimum absolute atomic E-state index is 0.372. The molecule has 0 radical (unpaired) electrons. The van der Waals surface area contributed by atoms with Crippen molar-refractivity contribution in [2.75, 3.05) is 18.0 Å². The number of aromatic amines is 1. The molecule has 0 bridgehead atoms. The number of nitrogens with one attached hydrogen (secondary N) is 1. The van der Waals surface area contributed by atoms with E-state index < -0.39 is 0 Å². The van der Waals surface area contributed by atoms with E-state index >= 15 is 0 Å². The molecule has 0 unspecified atom stereocenters. The summed E-state index contributed by atoms with van der Waals surface area (Å²) in [6.45, 7) is 1.87. The van der Waals surface area contributed by atoms with Crippen LogP contribution >= 0.6 is 0 Å². The van der Waals surface area contributed by atoms with Crippen molar-refractivity contribution in [2.24, 2.45) is 0 Å². The van der Waals surface area contributed by atoms with E-state index in [4.69, 9.17) is 5.26 Å². The van der Waals surface area contributed by atoms with Gasteiger partial charge in [-0.2, -0.15) is 5.26 Å². The van der Waals surface area contributed by atoms with Gasteiger partial charge in [0.15, 0.2) is 11.3 Å². The lowest BCUT2D eigenvalue weighted by molar-refractivity contribution is 0.497. The van der Waals surface area contributed by atoms with Crippen LogP contribution in [-0.4, -0.2) is 37.4 Å². The van der Waals surface area contributed by atoms with E-state index in [2.05, 4.69) is 35.3 Å². The Balaban J connectivity index is 1.51. The summed E-state index contributed by atoms with van der Waals surface area (Å²) in [5.41, 5.74) is 4.61. The molecule has 128 valence electrons. The highest BCUT2D eigenvalue weighted by atomic mass is 15.2. The summed E-state index contributed by atoms with van der Waals surface area (Å²) >= 11 is 0. The second-order valence-corrected chi connectivity index (χ2v) is 6.65. The molecule has 4 aromatic rings. The lowest BCUT2D eigenvalue weighted by Gasteiger charge is -2.33. The number of nitrogens with zero attached hydrogens (tertiary/aromatic N) is 6. The number of piperidine rings is 1. The van der Waals surface area contributed by atoms with E-state index in [1.165, 1.54) is 5.69 Å². The molecule has 1 aliphatic heterocycles. The van der Waals surface area contributed by atoms with Crippen LogP contribution in [0.4, 0.5) is 5.82 Å². The average molecular weight is 343 g/mol. The molecule has 1 fully saturated rings. The fraction of sp³-hybridized carbons (Fsp3) is 0.263. The van der Waals surface area contributed by atoms with E-state index in [-0.39, 0.29) is 0 Å². The number of H-pyrrole nitrogens is 1. The maximum atomic E-state index is 8.95. The average Bonchev–Trinajstić information content (AvgIpc) is 3.34. The SMILES string of the molecule is N#Cc1ccc(N2CCC[C@H](c3cnc4cnc5[nH]ccc5n34)C2)nc1. The topological polar surface area (TPSA) is 85.9 Å². The van der Waals surface area contributed by atoms with Crippen molar-refractivity contribution in [3.8, 4) is 6.07 Å². The molecular formula is C19H17N7. The Morgan fingerprint density at radius 2 is 2.08 bits per heavy atom. The zero-order valence-corrected chi connectivity index (χ0v) is 14.1. The van der Waals surface area contributed by atoms with Gasteiger partial charge in [0.1, 0.15) is 11.9 Å². The molecule has 0 saturated carbocycles. The molecule has 0 spiro atoms. The Hall–Kier alpha value is -3.40. The van der Waals surface area contributed by atoms with Gasteiger partial charge in [-0.3, -0.25) is 4.40 Å². The van der Waals surface area contributed by atoms with Gasteiger partial charge in [0, 0.05) is 43.3 Å². The molecule has 7 nitrogen and oxygen atoms in total. The van der Waals surface area contributed by atoms with Gasteiger partial charge >= 0.3 is 0 Å². The monoisotopic (exact) mass is 343 g/mol. The summed E-state index contributed by atoms with van der Waals surface area (Å²) in [4.78, 5) is 18.9. The largest absolute Gasteiger partial charge is 0.356 e. The standard InChI is InChI=1S/C19H17N7/c20-8-13-3-4-17(22-9-13)25-7-1-2-14(12-25)16-10-23-18-11-24-19-15(26(16)18)5-6-21-19/h3-6,9-11,14,21H,1-2,7,12H2/t14-/m0/s1. The van der Waals surface area contributed by atoms with Gasteiger partial charge < -0.3 is 9.88 Å². The molecule has 1 aliphatic rings. The van der Waals surface area contributed by atoms with Gasteiger partial charge in [-0.25, -0.2) is 15.0 Å². The van der Waals surface area contributed by atoms with Gasteiger partial charge in [0.05, 0.1) is 17.3 Å². The Kier molecular flexibility index (Phi) is 3.35. The molecule has 5 heterocycles. The first-order valence-electron chi connectivity index (χ1n) is 8.74. The van der Waals surface area contributed by atoms with Gasteiger partial charge in [0.25, 0.3) is 0 Å². The van der Waals surface area contributed by atoms with Crippen LogP contribution in [-0.2, 0) is 0 Å². The second-order valence-electron chi connectivity index (χ2n) is 6.65. The zero-order valence-electron chi connectivity index (χ0n) is 14.1. The number of fused-ring (bicyclic) bond motifs is 3. The number of hydrogen-bond acceptors (Lipinski definition) is 5. The van der Waals surface area contributed by atoms with E-state index in [1.807, 2.05) is 36.8 Å². The molecule has 1 saturated heterocycles. The molecule has 7 heteroatoms. The van der Waals surface area contributed by atoms with Crippen LogP contribution in [0, 0.1) is 11.3 Å². The van der Waals surface area contributed by atoms with E-state index in [9.17, 15) is 0 Å². The van der Waals surface area contributed by atoms with Crippen LogP contribution in [0.1, 0.15) is 30.0 Å². The highest BCUT2D eigenvalue weighted by Gasteiger charge is 2.25. The van der Waals surface area contributed by atoms with Crippen molar-refractivity contribution in [3.63, 3.8) is 0 Å². The van der Waals surface area contributed by atoms with E-state index in [0.717, 1.165) is 48.6 Å². The maximum Gasteiger partial charge on any atom is 0.156 e. The molecular weight excluding hydrogens is 326 g/mol. The van der Waals surface area contributed by atoms with Crippen molar-refractivity contribution < 1.29 is 0 Å². The third-order valence-corrected chi connectivity index (χ3v) is 5.11. The molecule has 5 rings (SSSR count). The van der Waals surface area contributed by atoms with Crippen LogP contribution in [0.25, 0.3) is 16.8 Å². The highest BCUT2D eigenvalue weighted by molar-refractivity contribution is 5.74. The van der Waals surface area contributed by atoms with Crippen molar-refractivity contribution in [2.45, 2.75) is 18.8 Å². The fourth-order valence-corrected chi connectivity index (χ4v) is 3.85. The van der Waals surface area contributed by atoms with Crippen LogP contribution in [0.3, 0.4) is 0 Å². The lowest BCUT2D eigenvalue weighted by atomic mass is 9.95. The molecule has 0 aromatic carbocycles. The van der Waals surface area contributed by atoms with Crippen molar-refractivity contribution in [1.29, 1.82) is 5.26 Å². The highest BCUT2D eigenvalue weighted by Crippen LogP contribution is 2.31. The summed E-state index contributed by atoms with van der Waals surface area (Å²) in [5, 5.41) is 8.95. The number of pyridine rings is 1. The van der Waals surface area contributed by atoms with Gasteiger partial charge in [-0.15, -0.1) is 0 Å². The maximum absolute atomic E-state index is 8.95. The third kappa shape index (κ3) is 2.30. The number of rotatable bonds is 2. The number of aromatic nitrogens is 5. The predicted molar refractivity (Wildman–Crippen MR) is 98.0 cm³/mol. The third-order valence-electron chi connectivity index (χ3n) is 5.11. The molecule has 1 N–H and O–H groups in total. The summed E-state index contributed by atoms with van der Waals surface area (Å²) in [6.07, 6.45) is 9.56. The van der Waals surface area contributed by atoms with Crippen molar-refractivity contribution in [1.82, 2.24) is 24.3 Å². The summed E-state index contributed by atoms with van der Waals surface area (Å²) < 4.78 is 2.21. The van der Waals surface area contributed by atoms with Crippen LogP contribution in [0.5, 0.6) is 0 Å². The first kappa shape index (κ1) is 14.9. The number of nitriles is 1. The first-order chi connectivity index (χ1) is 12.8. The molecule has 4 aromatic heterocycles. The number of hydrogen-bond donors (Lipinski definition) is 1. The zero-order chi connectivity index (χ0) is 17.5. The molecule has 26 heavy (non-hydrogen) atoms. The van der Waals surface area contributed by atoms with Gasteiger partial charge in [-0.1, -0.05) is 0 Å². The minimum Gasteiger partial charge on any atom is -0.356 e. The normalized spacial score (nSPS) is 17.7. The van der Waals surface area contributed by atoms with Crippen LogP contribution < -0.4 is 4.90 Å². The quantitative estimate of drug-likeness (QED) is 0.605. The smallest absolute Gasteiger partial charge is 0.156 e. The number of imidazole rings is 1. The lowest BCUT2D eigenvalue weighted by Crippen LogP contribution is -2.35. The van der Waals surface area contributed by atoms with Gasteiger partial charge in [-0.05, 0) is 31.0 Å². The van der Waals surface area contributed by atoms with E-state index in [1.54, 1.807) is 6.20 Å². The Morgan fingerprint density at radius 1 is 1.12 bits per heavy atom. The molecule has 0 amide bonds.